The van der Waals surface area contributed by atoms with Crippen LogP contribution < -0.4 is 20.5 Å². The summed E-state index contributed by atoms with van der Waals surface area (Å²) in [6.45, 7) is 8.17. The Morgan fingerprint density at radius 2 is 1.22 bits per heavy atom. The van der Waals surface area contributed by atoms with Crippen LogP contribution in [-0.2, 0) is 22.7 Å². The number of sulfone groups is 1. The molecule has 2 heterocycles. The monoisotopic (exact) mass is 858 g/mol. The minimum absolute atomic E-state index is 0.0130. The molecule has 0 radical (unpaired) electrons. The molecule has 0 saturated heterocycles. The molecular weight excluding hydrogens is 813 g/mol. The largest absolute Gasteiger partial charge is 0.490 e. The number of nitriles is 2. The van der Waals surface area contributed by atoms with Gasteiger partial charge in [-0.05, 0) is 112 Å². The Bertz CT molecular complexity index is 2710. The van der Waals surface area contributed by atoms with Gasteiger partial charge in [-0.1, -0.05) is 59.1 Å². The van der Waals surface area contributed by atoms with E-state index < -0.39 is 9.84 Å². The summed E-state index contributed by atoms with van der Waals surface area (Å²) in [6, 6.07) is 28.1. The zero-order valence-corrected chi connectivity index (χ0v) is 36.5. The van der Waals surface area contributed by atoms with Gasteiger partial charge in [0.25, 0.3) is 0 Å². The van der Waals surface area contributed by atoms with Gasteiger partial charge >= 0.3 is 0 Å². The third kappa shape index (κ3) is 9.73. The van der Waals surface area contributed by atoms with Crippen molar-refractivity contribution >= 4 is 32.5 Å². The molecule has 0 bridgehead atoms. The van der Waals surface area contributed by atoms with Gasteiger partial charge < -0.3 is 20.5 Å². The van der Waals surface area contributed by atoms with Gasteiger partial charge in [-0.15, -0.1) is 20.4 Å². The molecule has 15 heteroatoms. The Labute approximate surface area is 359 Å². The lowest BCUT2D eigenvalue weighted by Gasteiger charge is -2.14. The van der Waals surface area contributed by atoms with Crippen LogP contribution in [-0.4, -0.2) is 59.6 Å². The Morgan fingerprint density at radius 1 is 0.733 bits per heavy atom. The Morgan fingerprint density at radius 3 is 1.72 bits per heavy atom. The predicted molar refractivity (Wildman–Crippen MR) is 237 cm³/mol. The molecule has 0 fully saturated rings. The van der Waals surface area contributed by atoms with E-state index in [9.17, 15) is 18.9 Å². The second kappa shape index (κ2) is 18.4. The van der Waals surface area contributed by atoms with Crippen LogP contribution in [0.2, 0.25) is 0 Å². The lowest BCUT2D eigenvalue weighted by Crippen LogP contribution is -2.25. The predicted octanol–water partition coefficient (Wildman–Crippen LogP) is 8.63. The average Bonchev–Trinajstić information content (AvgIpc) is 4.05. The van der Waals surface area contributed by atoms with Crippen molar-refractivity contribution in [3.63, 3.8) is 0 Å². The standard InChI is InChI=1S/C24H26N4O3S2.C21H20N4OS/c1-15(2)31-22-10-7-16(13-17(22)14-25)23-27-28-24(32-23)20-6-4-5-19-18(20)8-9-21(19)26-11-12-33(3,29)30;1-12(2)26-19-9-6-13(10-14(19)11-22)20-24-25-21(27-20)17-5-3-4-16-15(17)7-8-18(16)23/h4-7,10,13,15,21,26H,8-9,11-12H2,1-3H3;3-6,9-10,12,18H,7-8,23H2,1-2H3/t21-;18-/m00/s1. The van der Waals surface area contributed by atoms with E-state index in [0.717, 1.165) is 68.0 Å². The molecule has 2 aliphatic rings. The highest BCUT2D eigenvalue weighted by Gasteiger charge is 2.27. The Hall–Kier alpha value is -5.55. The highest BCUT2D eigenvalue weighted by atomic mass is 32.2. The van der Waals surface area contributed by atoms with Crippen molar-refractivity contribution in [1.29, 1.82) is 10.5 Å². The first-order valence-corrected chi connectivity index (χ1v) is 23.5. The first-order valence-electron chi connectivity index (χ1n) is 19.8. The minimum atomic E-state index is -2.99. The van der Waals surface area contributed by atoms with Crippen LogP contribution in [0.5, 0.6) is 11.5 Å². The van der Waals surface area contributed by atoms with Crippen molar-refractivity contribution in [3.8, 4) is 65.9 Å². The number of benzene rings is 4. The van der Waals surface area contributed by atoms with Gasteiger partial charge in [-0.2, -0.15) is 10.5 Å². The van der Waals surface area contributed by atoms with E-state index >= 15 is 0 Å². The van der Waals surface area contributed by atoms with Crippen LogP contribution in [0.25, 0.3) is 42.3 Å². The number of nitrogens with zero attached hydrogens (tertiary/aromatic N) is 6. The molecule has 3 N–H and O–H groups in total. The maximum Gasteiger partial charge on any atom is 0.148 e. The average molecular weight is 859 g/mol. The van der Waals surface area contributed by atoms with E-state index in [4.69, 9.17) is 15.2 Å². The fraction of sp³-hybridized carbons (Fsp3) is 0.333. The number of aromatic nitrogens is 4. The highest BCUT2D eigenvalue weighted by Crippen LogP contribution is 2.41. The molecule has 8 rings (SSSR count). The van der Waals surface area contributed by atoms with E-state index in [2.05, 4.69) is 62.1 Å². The summed E-state index contributed by atoms with van der Waals surface area (Å²) in [5.74, 6) is 1.29. The number of fused-ring (bicyclic) bond motifs is 2. The summed E-state index contributed by atoms with van der Waals surface area (Å²) in [4.78, 5) is 0. The van der Waals surface area contributed by atoms with Crippen LogP contribution in [0.3, 0.4) is 0 Å². The summed E-state index contributed by atoms with van der Waals surface area (Å²) in [5, 5.41) is 43.2. The van der Waals surface area contributed by atoms with E-state index in [0.29, 0.717) is 29.2 Å². The van der Waals surface area contributed by atoms with Crippen LogP contribution in [0.15, 0.2) is 72.8 Å². The number of hydrogen-bond acceptors (Lipinski definition) is 14. The SMILES string of the molecule is CC(C)Oc1ccc(-c2nnc(-c3cccc4c3CC[C@@H]4N)s2)cc1C#N.CC(C)Oc1ccc(-c2nnc(-c3cccc4c3CC[C@@H]4NCCS(C)(=O)=O)s2)cc1C#N. The van der Waals surface area contributed by atoms with Crippen LogP contribution >= 0.6 is 22.7 Å². The molecule has 2 aliphatic carbocycles. The summed E-state index contributed by atoms with van der Waals surface area (Å²) in [7, 11) is -2.99. The lowest BCUT2D eigenvalue weighted by atomic mass is 10.0. The molecule has 308 valence electrons. The summed E-state index contributed by atoms with van der Waals surface area (Å²) in [6.07, 6.45) is 5.03. The Balaban J connectivity index is 0.000000185. The molecule has 0 aliphatic heterocycles. The topological polar surface area (TPSA) is 190 Å². The third-order valence-electron chi connectivity index (χ3n) is 10.2. The molecule has 0 saturated carbocycles. The van der Waals surface area contributed by atoms with Gasteiger partial charge in [-0.3, -0.25) is 0 Å². The first kappa shape index (κ1) is 42.6. The molecule has 2 atom stereocenters. The fourth-order valence-corrected chi connectivity index (χ4v) is 9.76. The van der Waals surface area contributed by atoms with Gasteiger partial charge in [0, 0.05) is 47.1 Å². The van der Waals surface area contributed by atoms with Crippen molar-refractivity contribution in [1.82, 2.24) is 25.7 Å². The molecule has 6 aromatic rings. The smallest absolute Gasteiger partial charge is 0.148 e. The van der Waals surface area contributed by atoms with Gasteiger partial charge in [0.2, 0.25) is 0 Å². The second-order valence-corrected chi connectivity index (χ2v) is 19.6. The summed E-state index contributed by atoms with van der Waals surface area (Å²) < 4.78 is 34.3. The summed E-state index contributed by atoms with van der Waals surface area (Å²) in [5.41, 5.74) is 16.0. The van der Waals surface area contributed by atoms with Crippen LogP contribution in [0.1, 0.15) is 86.0 Å². The van der Waals surface area contributed by atoms with Crippen molar-refractivity contribution in [2.75, 3.05) is 18.6 Å². The molecule has 0 amide bonds. The van der Waals surface area contributed by atoms with E-state index in [1.165, 1.54) is 51.2 Å². The van der Waals surface area contributed by atoms with Crippen LogP contribution in [0.4, 0.5) is 0 Å². The molecular formula is C45H46N8O4S3. The summed E-state index contributed by atoms with van der Waals surface area (Å²) >= 11 is 3.03. The van der Waals surface area contributed by atoms with Gasteiger partial charge in [-0.25, -0.2) is 8.42 Å². The molecule has 2 aromatic heterocycles. The number of nitrogens with two attached hydrogens (primary N) is 1. The zero-order valence-electron chi connectivity index (χ0n) is 34.1. The number of nitrogens with one attached hydrogen (secondary N) is 1. The molecule has 4 aromatic carbocycles. The Kier molecular flexibility index (Phi) is 13.0. The first-order chi connectivity index (χ1) is 28.8. The maximum absolute atomic E-state index is 11.4. The van der Waals surface area contributed by atoms with Crippen molar-refractivity contribution in [2.24, 2.45) is 5.73 Å². The van der Waals surface area contributed by atoms with Gasteiger partial charge in [0.05, 0.1) is 29.1 Å². The normalized spacial score (nSPS) is 15.5. The van der Waals surface area contributed by atoms with E-state index in [1.807, 2.05) is 70.2 Å². The van der Waals surface area contributed by atoms with Gasteiger partial charge in [0.15, 0.2) is 0 Å². The van der Waals surface area contributed by atoms with Gasteiger partial charge in [0.1, 0.15) is 53.5 Å². The van der Waals surface area contributed by atoms with Crippen molar-refractivity contribution in [3.05, 3.63) is 106 Å². The van der Waals surface area contributed by atoms with Crippen LogP contribution in [0, 0.1) is 22.7 Å². The molecule has 0 spiro atoms. The molecule has 0 unspecified atom stereocenters. The molecule has 60 heavy (non-hydrogen) atoms. The van der Waals surface area contributed by atoms with Crippen molar-refractivity contribution in [2.45, 2.75) is 77.7 Å². The molecule has 12 nitrogen and oxygen atoms in total. The fourth-order valence-electron chi connectivity index (χ4n) is 7.48. The highest BCUT2D eigenvalue weighted by molar-refractivity contribution is 7.90. The third-order valence-corrected chi connectivity index (χ3v) is 13.1. The number of ether oxygens (including phenoxy) is 2. The second-order valence-electron chi connectivity index (χ2n) is 15.4. The minimum Gasteiger partial charge on any atom is -0.490 e. The lowest BCUT2D eigenvalue weighted by molar-refractivity contribution is 0.241. The quantitative estimate of drug-likeness (QED) is 0.119. The maximum atomic E-state index is 11.4. The zero-order chi connectivity index (χ0) is 42.6. The van der Waals surface area contributed by atoms with E-state index in [-0.39, 0.29) is 30.0 Å². The van der Waals surface area contributed by atoms with E-state index in [1.54, 1.807) is 6.07 Å². The number of rotatable bonds is 12. The van der Waals surface area contributed by atoms with Crippen molar-refractivity contribution < 1.29 is 17.9 Å². The number of hydrogen-bond donors (Lipinski definition) is 2.